The number of alkyl halides is 3. The van der Waals surface area contributed by atoms with Crippen LogP contribution in [0.5, 0.6) is 0 Å². The number of rotatable bonds is 7. The van der Waals surface area contributed by atoms with Crippen molar-refractivity contribution in [3.05, 3.63) is 71.9 Å². The highest BCUT2D eigenvalue weighted by Crippen LogP contribution is 2.20. The Balaban J connectivity index is 0.000000642. The van der Waals surface area contributed by atoms with Crippen LogP contribution in [-0.2, 0) is 32.4 Å². The van der Waals surface area contributed by atoms with Crippen molar-refractivity contribution in [1.82, 2.24) is 10.3 Å². The maximum absolute atomic E-state index is 12.6. The molecule has 0 unspecified atom stereocenters. The average Bonchev–Trinajstić information content (AvgIpc) is 3.27. The lowest BCUT2D eigenvalue weighted by Crippen LogP contribution is -2.43. The van der Waals surface area contributed by atoms with E-state index in [1.165, 1.54) is 11.7 Å². The summed E-state index contributed by atoms with van der Waals surface area (Å²) >= 11 is 0. The van der Waals surface area contributed by atoms with E-state index in [1.54, 1.807) is 6.21 Å². The van der Waals surface area contributed by atoms with Crippen LogP contribution in [0.15, 0.2) is 60.8 Å². The Hall–Kier alpha value is -3.91. The van der Waals surface area contributed by atoms with Crippen LogP contribution < -0.4 is 5.32 Å². The number of nitrogens with zero attached hydrogens (tertiary/aromatic N) is 1. The Bertz CT molecular complexity index is 1450. The van der Waals surface area contributed by atoms with E-state index in [9.17, 15) is 22.8 Å². The van der Waals surface area contributed by atoms with Gasteiger partial charge in [0.25, 0.3) is 0 Å². The zero-order chi connectivity index (χ0) is 30.8. The van der Waals surface area contributed by atoms with Crippen molar-refractivity contribution in [3.63, 3.8) is 0 Å². The minimum atomic E-state index is -6.09. The first-order valence-corrected chi connectivity index (χ1v) is 13.7. The maximum Gasteiger partial charge on any atom is 0.595 e. The summed E-state index contributed by atoms with van der Waals surface area (Å²) in [7, 11) is -4.74. The Morgan fingerprint density at radius 3 is 2.22 bits per heavy atom. The third kappa shape index (κ3) is 11.2. The SMILES string of the molecule is COC(=O)/[N+](=C\[C@H](Cc1ccccc1)NC(=O)OC(C)(C)C)CCc1c[nH]c2ccccc12.O=S(=O)([O-])C(F)(F)F. The lowest BCUT2D eigenvalue weighted by atomic mass is 10.1. The molecule has 1 atom stereocenters. The van der Waals surface area contributed by atoms with Crippen LogP contribution in [0.3, 0.4) is 0 Å². The van der Waals surface area contributed by atoms with Gasteiger partial charge in [-0.15, -0.1) is 4.58 Å². The molecular formula is C27H32F3N3O7S. The largest absolute Gasteiger partial charge is 0.741 e. The van der Waals surface area contributed by atoms with Gasteiger partial charge in [-0.1, -0.05) is 48.5 Å². The molecule has 0 aliphatic carbocycles. The number of carbonyl (C=O) groups is 2. The highest BCUT2D eigenvalue weighted by Gasteiger charge is 2.37. The molecule has 10 nitrogen and oxygen atoms in total. The van der Waals surface area contributed by atoms with Crippen LogP contribution in [0, 0.1) is 0 Å². The number of ether oxygens (including phenoxy) is 2. The number of nitrogens with one attached hydrogen (secondary N) is 2. The second-order valence-corrected chi connectivity index (χ2v) is 11.1. The molecule has 2 N–H and O–H groups in total. The summed E-state index contributed by atoms with van der Waals surface area (Å²) in [6, 6.07) is 17.3. The Morgan fingerprint density at radius 1 is 1.07 bits per heavy atom. The highest BCUT2D eigenvalue weighted by atomic mass is 32.2. The third-order valence-corrected chi connectivity index (χ3v) is 5.92. The molecule has 1 heterocycles. The van der Waals surface area contributed by atoms with Crippen molar-refractivity contribution in [3.8, 4) is 0 Å². The lowest BCUT2D eigenvalue weighted by molar-refractivity contribution is -0.442. The molecule has 0 aliphatic rings. The summed E-state index contributed by atoms with van der Waals surface area (Å²) in [5, 5.41) is 4.00. The average molecular weight is 600 g/mol. The topological polar surface area (TPSA) is 141 Å². The van der Waals surface area contributed by atoms with Crippen molar-refractivity contribution >= 4 is 39.4 Å². The summed E-state index contributed by atoms with van der Waals surface area (Å²) in [5.74, 6) is 0. The van der Waals surface area contributed by atoms with E-state index in [0.29, 0.717) is 19.4 Å². The number of fused-ring (bicyclic) bond motifs is 1. The van der Waals surface area contributed by atoms with Crippen molar-refractivity contribution < 1.29 is 49.8 Å². The van der Waals surface area contributed by atoms with Gasteiger partial charge in [0.1, 0.15) is 11.6 Å². The Kier molecular flexibility index (Phi) is 11.5. The van der Waals surface area contributed by atoms with Crippen LogP contribution in [-0.4, -0.2) is 71.7 Å². The summed E-state index contributed by atoms with van der Waals surface area (Å²) < 4.78 is 70.9. The van der Waals surface area contributed by atoms with E-state index in [0.717, 1.165) is 22.0 Å². The maximum atomic E-state index is 12.6. The number of halogens is 3. The smallest absolute Gasteiger partial charge is 0.595 e. The number of methoxy groups -OCH3 is 1. The second-order valence-electron chi connectivity index (χ2n) is 9.76. The predicted molar refractivity (Wildman–Crippen MR) is 145 cm³/mol. The molecular weight excluding hydrogens is 567 g/mol. The van der Waals surface area contributed by atoms with Crippen molar-refractivity contribution in [2.75, 3.05) is 13.7 Å². The molecule has 41 heavy (non-hydrogen) atoms. The summed E-state index contributed by atoms with van der Waals surface area (Å²) in [6.07, 6.45) is 3.76. The molecule has 14 heteroatoms. The minimum Gasteiger partial charge on any atom is -0.741 e. The monoisotopic (exact) mass is 599 g/mol. The number of amides is 2. The van der Waals surface area contributed by atoms with Gasteiger partial charge >= 0.3 is 17.7 Å². The van der Waals surface area contributed by atoms with Gasteiger partial charge in [0.2, 0.25) is 0 Å². The molecule has 0 spiro atoms. The van der Waals surface area contributed by atoms with E-state index in [-0.39, 0.29) is 0 Å². The first-order valence-electron chi connectivity index (χ1n) is 12.3. The number of hydrogen-bond donors (Lipinski definition) is 2. The minimum absolute atomic E-state index is 0.399. The van der Waals surface area contributed by atoms with Gasteiger partial charge < -0.3 is 24.3 Å². The fourth-order valence-corrected chi connectivity index (χ4v) is 3.61. The number of para-hydroxylation sites is 1. The standard InChI is InChI=1S/C26H31N3O4.CHF3O3S/c1-26(2,3)33-24(30)28-21(16-19-10-6-5-7-11-19)18-29(25(31)32-4)15-14-20-17-27-23-13-9-8-12-22(20)23;2-1(3,4)8(5,6)7/h5-13,17-18,21,27H,14-16H2,1-4H3;(H,5,6,7)/b29-18-;/t21-;/m0./s1. The number of aromatic amines is 1. The summed E-state index contributed by atoms with van der Waals surface area (Å²) in [5.41, 5.74) is -3.09. The van der Waals surface area contributed by atoms with Crippen LogP contribution >= 0.6 is 0 Å². The molecule has 0 saturated carbocycles. The van der Waals surface area contributed by atoms with Crippen LogP contribution in [0.25, 0.3) is 10.9 Å². The quantitative estimate of drug-likeness (QED) is 0.173. The van der Waals surface area contributed by atoms with Gasteiger partial charge in [0.05, 0.1) is 7.11 Å². The zero-order valence-corrected chi connectivity index (χ0v) is 23.7. The lowest BCUT2D eigenvalue weighted by Gasteiger charge is -2.21. The number of carbonyl (C=O) groups excluding carboxylic acids is 2. The van der Waals surface area contributed by atoms with E-state index in [2.05, 4.69) is 16.4 Å². The molecule has 3 rings (SSSR count). The molecule has 0 bridgehead atoms. The number of alkyl carbamates (subject to hydrolysis) is 1. The van der Waals surface area contributed by atoms with Gasteiger partial charge in [-0.05, 0) is 38.0 Å². The Labute approximate surface area is 235 Å². The first-order chi connectivity index (χ1) is 19.0. The van der Waals surface area contributed by atoms with Crippen molar-refractivity contribution in [1.29, 1.82) is 0 Å². The van der Waals surface area contributed by atoms with E-state index in [1.807, 2.05) is 75.5 Å². The third-order valence-electron chi connectivity index (χ3n) is 5.35. The van der Waals surface area contributed by atoms with Crippen LogP contribution in [0.1, 0.15) is 31.9 Å². The number of hydrogen-bond acceptors (Lipinski definition) is 7. The summed E-state index contributed by atoms with van der Waals surface area (Å²) in [4.78, 5) is 28.3. The van der Waals surface area contributed by atoms with Gasteiger partial charge in [0.15, 0.2) is 22.9 Å². The van der Waals surface area contributed by atoms with Gasteiger partial charge in [0, 0.05) is 29.9 Å². The molecule has 224 valence electrons. The predicted octanol–water partition coefficient (Wildman–Crippen LogP) is 4.75. The first kappa shape index (κ1) is 33.3. The van der Waals surface area contributed by atoms with Gasteiger partial charge in [-0.3, -0.25) is 0 Å². The van der Waals surface area contributed by atoms with Crippen LogP contribution in [0.2, 0.25) is 0 Å². The molecule has 2 amide bonds. The van der Waals surface area contributed by atoms with Crippen molar-refractivity contribution in [2.24, 2.45) is 0 Å². The molecule has 0 fully saturated rings. The normalized spacial score (nSPS) is 13.1. The van der Waals surface area contributed by atoms with E-state index < -0.39 is 39.5 Å². The number of H-pyrrole nitrogens is 1. The molecule has 2 aromatic carbocycles. The fourth-order valence-electron chi connectivity index (χ4n) is 3.61. The highest BCUT2D eigenvalue weighted by molar-refractivity contribution is 7.86. The van der Waals surface area contributed by atoms with E-state index >= 15 is 0 Å². The zero-order valence-electron chi connectivity index (χ0n) is 22.9. The second kappa shape index (κ2) is 14.1. The molecule has 0 aliphatic heterocycles. The molecule has 0 saturated heterocycles. The van der Waals surface area contributed by atoms with Gasteiger partial charge in [-0.25, -0.2) is 13.2 Å². The molecule has 3 aromatic rings. The van der Waals surface area contributed by atoms with Crippen LogP contribution in [0.4, 0.5) is 22.8 Å². The Morgan fingerprint density at radius 2 is 1.66 bits per heavy atom. The number of aromatic nitrogens is 1. The number of benzene rings is 2. The van der Waals surface area contributed by atoms with E-state index in [4.69, 9.17) is 22.4 Å². The molecule has 1 aromatic heterocycles. The van der Waals surface area contributed by atoms with Gasteiger partial charge in [-0.2, -0.15) is 18.0 Å². The summed E-state index contributed by atoms with van der Waals surface area (Å²) in [6.45, 7) is 5.83. The fraction of sp³-hybridized carbons (Fsp3) is 0.370. The van der Waals surface area contributed by atoms with Crippen molar-refractivity contribution in [2.45, 2.75) is 50.8 Å². The molecule has 0 radical (unpaired) electrons.